The topological polar surface area (TPSA) is 90.8 Å². The van der Waals surface area contributed by atoms with E-state index in [0.717, 1.165) is 51.4 Å². The highest BCUT2D eigenvalue weighted by atomic mass is 16.5. The monoisotopic (exact) mass is 396 g/mol. The van der Waals surface area contributed by atoms with E-state index in [9.17, 15) is 0 Å². The van der Waals surface area contributed by atoms with Gasteiger partial charge in [0.2, 0.25) is 0 Å². The van der Waals surface area contributed by atoms with E-state index in [1.54, 1.807) is 4.52 Å². The molecule has 0 aliphatic carbocycles. The fourth-order valence-corrected chi connectivity index (χ4v) is 3.48. The normalized spacial score (nSPS) is 15.1. The molecule has 0 radical (unpaired) electrons. The predicted octanol–water partition coefficient (Wildman–Crippen LogP) is 2.31. The number of fused-ring (bicyclic) bond motifs is 1. The number of morpholine rings is 1. The number of nitrogens with zero attached hydrogens (tertiary/aromatic N) is 5. The molecule has 8 nitrogen and oxygen atoms in total. The molecule has 2 N–H and O–H groups in total. The number of hydrogen-bond donors (Lipinski definition) is 1. The lowest BCUT2D eigenvalue weighted by molar-refractivity contribution is 0.0342. The lowest BCUT2D eigenvalue weighted by atomic mass is 10.1. The molecule has 0 unspecified atom stereocenters. The number of ether oxygens (including phenoxy) is 2. The van der Waals surface area contributed by atoms with Crippen LogP contribution in [0.1, 0.15) is 36.6 Å². The van der Waals surface area contributed by atoms with Crippen LogP contribution in [0, 0.1) is 0 Å². The minimum atomic E-state index is 0.295. The summed E-state index contributed by atoms with van der Waals surface area (Å²) in [5.74, 6) is 0.332. The van der Waals surface area contributed by atoms with Crippen LogP contribution in [-0.2, 0) is 17.7 Å². The number of imidazole rings is 1. The van der Waals surface area contributed by atoms with Crippen LogP contribution < -0.4 is 10.5 Å². The quantitative estimate of drug-likeness (QED) is 0.584. The van der Waals surface area contributed by atoms with Crippen molar-refractivity contribution in [2.45, 2.75) is 32.7 Å². The maximum atomic E-state index is 6.07. The highest BCUT2D eigenvalue weighted by Crippen LogP contribution is 2.18. The zero-order chi connectivity index (χ0) is 20.1. The van der Waals surface area contributed by atoms with Gasteiger partial charge in [-0.3, -0.25) is 4.90 Å². The van der Waals surface area contributed by atoms with Gasteiger partial charge in [-0.2, -0.15) is 4.98 Å². The molecule has 0 spiro atoms. The van der Waals surface area contributed by atoms with Crippen molar-refractivity contribution in [2.24, 2.45) is 0 Å². The van der Waals surface area contributed by atoms with Gasteiger partial charge in [-0.1, -0.05) is 37.6 Å². The molecule has 0 amide bonds. The fraction of sp³-hybridized carbons (Fsp3) is 0.476. The van der Waals surface area contributed by atoms with E-state index in [1.165, 1.54) is 11.1 Å². The van der Waals surface area contributed by atoms with E-state index < -0.39 is 0 Å². The van der Waals surface area contributed by atoms with Crippen molar-refractivity contribution < 1.29 is 9.47 Å². The van der Waals surface area contributed by atoms with Crippen molar-refractivity contribution in [1.82, 2.24) is 24.5 Å². The van der Waals surface area contributed by atoms with E-state index in [2.05, 4.69) is 51.2 Å². The van der Waals surface area contributed by atoms with Gasteiger partial charge in [0.15, 0.2) is 11.5 Å². The molecule has 0 atom stereocenters. The second kappa shape index (κ2) is 9.19. The Kier molecular flexibility index (Phi) is 6.21. The van der Waals surface area contributed by atoms with Crippen LogP contribution in [-0.4, -0.2) is 57.4 Å². The lowest BCUT2D eigenvalue weighted by Crippen LogP contribution is -2.35. The molecule has 154 valence electrons. The molecule has 1 aromatic carbocycles. The Balaban J connectivity index is 1.52. The van der Waals surface area contributed by atoms with Gasteiger partial charge in [-0.05, 0) is 17.5 Å². The molecule has 1 fully saturated rings. The van der Waals surface area contributed by atoms with Gasteiger partial charge in [-0.25, -0.2) is 9.50 Å². The summed E-state index contributed by atoms with van der Waals surface area (Å²) in [5.41, 5.74) is 10.1. The van der Waals surface area contributed by atoms with Crippen molar-refractivity contribution in [2.75, 3.05) is 38.6 Å². The van der Waals surface area contributed by atoms with Crippen molar-refractivity contribution in [3.05, 3.63) is 47.3 Å². The summed E-state index contributed by atoms with van der Waals surface area (Å²) < 4.78 is 12.8. The molecule has 29 heavy (non-hydrogen) atoms. The van der Waals surface area contributed by atoms with E-state index in [-0.39, 0.29) is 0 Å². The number of unbranched alkanes of at least 4 members (excludes halogenated alkanes) is 1. The van der Waals surface area contributed by atoms with E-state index in [0.29, 0.717) is 30.5 Å². The number of anilines is 1. The first kappa shape index (κ1) is 19.6. The fourth-order valence-electron chi connectivity index (χ4n) is 3.48. The number of benzene rings is 1. The third kappa shape index (κ3) is 4.83. The first-order valence-electron chi connectivity index (χ1n) is 10.2. The SMILES string of the molecule is CCCCOc1nc(N)c2ncc(Cc3cccc(CN4CCOCC4)c3)n2n1. The molecule has 0 bridgehead atoms. The summed E-state index contributed by atoms with van der Waals surface area (Å²) in [6.45, 7) is 7.21. The summed E-state index contributed by atoms with van der Waals surface area (Å²) in [4.78, 5) is 11.0. The molecule has 0 saturated carbocycles. The zero-order valence-electron chi connectivity index (χ0n) is 16.9. The average Bonchev–Trinajstić information content (AvgIpc) is 3.12. The van der Waals surface area contributed by atoms with Crippen LogP contribution in [0.2, 0.25) is 0 Å². The third-order valence-electron chi connectivity index (χ3n) is 5.05. The van der Waals surface area contributed by atoms with E-state index in [4.69, 9.17) is 15.2 Å². The smallest absolute Gasteiger partial charge is 0.336 e. The summed E-state index contributed by atoms with van der Waals surface area (Å²) in [6.07, 6.45) is 4.52. The summed E-state index contributed by atoms with van der Waals surface area (Å²) >= 11 is 0. The second-order valence-electron chi connectivity index (χ2n) is 7.35. The Morgan fingerprint density at radius 1 is 1.21 bits per heavy atom. The summed E-state index contributed by atoms with van der Waals surface area (Å²) in [5, 5.41) is 4.50. The minimum absolute atomic E-state index is 0.295. The predicted molar refractivity (Wildman–Crippen MR) is 111 cm³/mol. The molecule has 1 saturated heterocycles. The van der Waals surface area contributed by atoms with Gasteiger partial charge >= 0.3 is 6.01 Å². The van der Waals surface area contributed by atoms with E-state index in [1.807, 2.05) is 6.20 Å². The largest absolute Gasteiger partial charge is 0.462 e. The maximum Gasteiger partial charge on any atom is 0.336 e. The molecule has 4 rings (SSSR count). The standard InChI is InChI=1S/C21H28N6O2/c1-2-3-9-29-21-24-19(22)20-23-14-18(27(20)25-21)13-16-5-4-6-17(12-16)15-26-7-10-28-11-8-26/h4-6,12,14H,2-3,7-11,13,15H2,1H3,(H2,22,24,25). The Hall–Kier alpha value is -2.71. The number of aromatic nitrogens is 4. The van der Waals surface area contributed by atoms with Gasteiger partial charge in [0, 0.05) is 26.1 Å². The number of nitrogens with two attached hydrogens (primary N) is 1. The van der Waals surface area contributed by atoms with Crippen molar-refractivity contribution >= 4 is 11.5 Å². The summed E-state index contributed by atoms with van der Waals surface area (Å²) in [7, 11) is 0. The van der Waals surface area contributed by atoms with Crippen molar-refractivity contribution in [1.29, 1.82) is 0 Å². The molecule has 1 aliphatic heterocycles. The Morgan fingerprint density at radius 2 is 2.03 bits per heavy atom. The number of nitrogen functional groups attached to an aromatic ring is 1. The first-order valence-corrected chi connectivity index (χ1v) is 10.2. The highest BCUT2D eigenvalue weighted by molar-refractivity contribution is 5.59. The van der Waals surface area contributed by atoms with Gasteiger partial charge in [0.25, 0.3) is 0 Å². The molecule has 3 aromatic rings. The Morgan fingerprint density at radius 3 is 2.86 bits per heavy atom. The first-order chi connectivity index (χ1) is 14.2. The van der Waals surface area contributed by atoms with E-state index >= 15 is 0 Å². The van der Waals surface area contributed by atoms with Crippen LogP contribution >= 0.6 is 0 Å². The molecular formula is C21H28N6O2. The van der Waals surface area contributed by atoms with Crippen LogP contribution in [0.15, 0.2) is 30.5 Å². The van der Waals surface area contributed by atoms with Gasteiger partial charge in [-0.15, -0.1) is 5.10 Å². The van der Waals surface area contributed by atoms with Crippen LogP contribution in [0.5, 0.6) is 6.01 Å². The second-order valence-corrected chi connectivity index (χ2v) is 7.35. The van der Waals surface area contributed by atoms with Gasteiger partial charge in [0.05, 0.1) is 31.7 Å². The van der Waals surface area contributed by atoms with Gasteiger partial charge < -0.3 is 15.2 Å². The van der Waals surface area contributed by atoms with Crippen LogP contribution in [0.3, 0.4) is 0 Å². The highest BCUT2D eigenvalue weighted by Gasteiger charge is 2.14. The number of rotatable bonds is 8. The molecule has 3 heterocycles. The third-order valence-corrected chi connectivity index (χ3v) is 5.05. The Bertz CT molecular complexity index is 951. The lowest BCUT2D eigenvalue weighted by Gasteiger charge is -2.26. The van der Waals surface area contributed by atoms with Crippen molar-refractivity contribution in [3.63, 3.8) is 0 Å². The average molecular weight is 396 g/mol. The summed E-state index contributed by atoms with van der Waals surface area (Å²) in [6, 6.07) is 8.96. The molecule has 2 aromatic heterocycles. The molecular weight excluding hydrogens is 368 g/mol. The minimum Gasteiger partial charge on any atom is -0.462 e. The zero-order valence-corrected chi connectivity index (χ0v) is 16.9. The molecule has 8 heteroatoms. The van der Waals surface area contributed by atoms with Crippen molar-refractivity contribution in [3.8, 4) is 6.01 Å². The number of hydrogen-bond acceptors (Lipinski definition) is 7. The maximum absolute atomic E-state index is 6.07. The van der Waals surface area contributed by atoms with Gasteiger partial charge in [0.1, 0.15) is 0 Å². The van der Waals surface area contributed by atoms with Crippen LogP contribution in [0.4, 0.5) is 5.82 Å². The Labute approximate surface area is 170 Å². The molecule has 1 aliphatic rings. The van der Waals surface area contributed by atoms with Crippen LogP contribution in [0.25, 0.3) is 5.65 Å².